The van der Waals surface area contributed by atoms with Gasteiger partial charge in [-0.25, -0.2) is 13.2 Å². The molecule has 1 aromatic rings. The van der Waals surface area contributed by atoms with Crippen LogP contribution in [-0.4, -0.2) is 18.4 Å². The zero-order valence-electron chi connectivity index (χ0n) is 12.6. The highest BCUT2D eigenvalue weighted by molar-refractivity contribution is 5.94. The molecule has 1 fully saturated rings. The zero-order valence-corrected chi connectivity index (χ0v) is 12.6. The number of carbonyl (C=O) groups excluding carboxylic acids is 2. The Labute approximate surface area is 132 Å². The predicted octanol–water partition coefficient (Wildman–Crippen LogP) is 3.13. The van der Waals surface area contributed by atoms with Gasteiger partial charge in [0.15, 0.2) is 17.5 Å². The minimum atomic E-state index is -1.65. The molecule has 1 saturated carbocycles. The predicted molar refractivity (Wildman–Crippen MR) is 79.1 cm³/mol. The van der Waals surface area contributed by atoms with Crippen molar-refractivity contribution in [2.75, 3.05) is 11.9 Å². The number of benzene rings is 1. The van der Waals surface area contributed by atoms with E-state index >= 15 is 0 Å². The van der Waals surface area contributed by atoms with Gasteiger partial charge in [-0.3, -0.25) is 9.59 Å². The first-order valence-electron chi connectivity index (χ1n) is 7.67. The highest BCUT2D eigenvalue weighted by Gasteiger charge is 2.18. The Kier molecular flexibility index (Phi) is 6.01. The van der Waals surface area contributed by atoms with Crippen molar-refractivity contribution in [3.63, 3.8) is 0 Å². The van der Waals surface area contributed by atoms with Crippen molar-refractivity contribution in [2.24, 2.45) is 5.92 Å². The number of amides is 2. The molecule has 0 aromatic heterocycles. The SMILES string of the molecule is O=C(CC1CCCCC1)NCC(=O)Nc1ccc(F)c(F)c1F. The van der Waals surface area contributed by atoms with Gasteiger partial charge in [-0.1, -0.05) is 19.3 Å². The van der Waals surface area contributed by atoms with Crippen LogP contribution >= 0.6 is 0 Å². The van der Waals surface area contributed by atoms with Crippen LogP contribution in [0.3, 0.4) is 0 Å². The van der Waals surface area contributed by atoms with Gasteiger partial charge in [-0.15, -0.1) is 0 Å². The highest BCUT2D eigenvalue weighted by Crippen LogP contribution is 2.26. The Hall–Kier alpha value is -2.05. The second-order valence-corrected chi connectivity index (χ2v) is 5.76. The number of hydrogen-bond acceptors (Lipinski definition) is 2. The van der Waals surface area contributed by atoms with Gasteiger partial charge in [0.2, 0.25) is 11.8 Å². The van der Waals surface area contributed by atoms with Gasteiger partial charge in [0.05, 0.1) is 12.2 Å². The Morgan fingerprint density at radius 2 is 1.70 bits per heavy atom. The van der Waals surface area contributed by atoms with Crippen LogP contribution in [-0.2, 0) is 9.59 Å². The van der Waals surface area contributed by atoms with E-state index in [4.69, 9.17) is 0 Å². The summed E-state index contributed by atoms with van der Waals surface area (Å²) in [5.74, 6) is -5.04. The van der Waals surface area contributed by atoms with E-state index in [0.29, 0.717) is 12.3 Å². The third-order valence-electron chi connectivity index (χ3n) is 3.95. The minimum Gasteiger partial charge on any atom is -0.347 e. The second kappa shape index (κ2) is 7.99. The van der Waals surface area contributed by atoms with Crippen LogP contribution in [0.25, 0.3) is 0 Å². The topological polar surface area (TPSA) is 58.2 Å². The van der Waals surface area contributed by atoms with E-state index in [1.165, 1.54) is 6.42 Å². The number of nitrogens with one attached hydrogen (secondary N) is 2. The van der Waals surface area contributed by atoms with Crippen molar-refractivity contribution < 1.29 is 22.8 Å². The average molecular weight is 328 g/mol. The lowest BCUT2D eigenvalue weighted by Gasteiger charge is -2.20. The van der Waals surface area contributed by atoms with Crippen molar-refractivity contribution >= 4 is 17.5 Å². The molecule has 0 saturated heterocycles. The molecule has 126 valence electrons. The summed E-state index contributed by atoms with van der Waals surface area (Å²) in [4.78, 5) is 23.4. The summed E-state index contributed by atoms with van der Waals surface area (Å²) in [7, 11) is 0. The molecular weight excluding hydrogens is 309 g/mol. The van der Waals surface area contributed by atoms with Crippen LogP contribution in [0.4, 0.5) is 18.9 Å². The molecule has 0 radical (unpaired) electrons. The van der Waals surface area contributed by atoms with Gasteiger partial charge >= 0.3 is 0 Å². The van der Waals surface area contributed by atoms with Crippen molar-refractivity contribution in [3.05, 3.63) is 29.6 Å². The summed E-state index contributed by atoms with van der Waals surface area (Å²) in [6.07, 6.45) is 5.83. The maximum absolute atomic E-state index is 13.4. The van der Waals surface area contributed by atoms with E-state index in [1.807, 2.05) is 0 Å². The first kappa shape index (κ1) is 17.3. The van der Waals surface area contributed by atoms with Crippen molar-refractivity contribution in [1.29, 1.82) is 0 Å². The zero-order chi connectivity index (χ0) is 16.8. The normalized spacial score (nSPS) is 15.3. The van der Waals surface area contributed by atoms with Gasteiger partial charge in [0, 0.05) is 6.42 Å². The Morgan fingerprint density at radius 3 is 2.39 bits per heavy atom. The van der Waals surface area contributed by atoms with Gasteiger partial charge in [-0.05, 0) is 30.9 Å². The maximum atomic E-state index is 13.4. The van der Waals surface area contributed by atoms with Crippen LogP contribution in [0, 0.1) is 23.4 Å². The fourth-order valence-corrected chi connectivity index (χ4v) is 2.72. The molecule has 1 aliphatic rings. The smallest absolute Gasteiger partial charge is 0.243 e. The average Bonchev–Trinajstić information content (AvgIpc) is 2.54. The molecule has 2 N–H and O–H groups in total. The molecule has 2 amide bonds. The van der Waals surface area contributed by atoms with Crippen LogP contribution in [0.15, 0.2) is 12.1 Å². The van der Waals surface area contributed by atoms with E-state index in [1.54, 1.807) is 0 Å². The largest absolute Gasteiger partial charge is 0.347 e. The molecule has 0 atom stereocenters. The fraction of sp³-hybridized carbons (Fsp3) is 0.500. The number of halogens is 3. The summed E-state index contributed by atoms with van der Waals surface area (Å²) in [6.45, 7) is -0.343. The molecule has 0 heterocycles. The molecule has 7 heteroatoms. The number of hydrogen-bond donors (Lipinski definition) is 2. The van der Waals surface area contributed by atoms with Crippen LogP contribution < -0.4 is 10.6 Å². The minimum absolute atomic E-state index is 0.238. The molecule has 1 aromatic carbocycles. The fourth-order valence-electron chi connectivity index (χ4n) is 2.72. The van der Waals surface area contributed by atoms with Crippen molar-refractivity contribution in [1.82, 2.24) is 5.32 Å². The highest BCUT2D eigenvalue weighted by atomic mass is 19.2. The molecule has 0 unspecified atom stereocenters. The number of anilines is 1. The van der Waals surface area contributed by atoms with Crippen LogP contribution in [0.5, 0.6) is 0 Å². The van der Waals surface area contributed by atoms with E-state index in [9.17, 15) is 22.8 Å². The van der Waals surface area contributed by atoms with Gasteiger partial charge in [0.25, 0.3) is 0 Å². The Balaban J connectivity index is 1.78. The maximum Gasteiger partial charge on any atom is 0.243 e. The van der Waals surface area contributed by atoms with Crippen molar-refractivity contribution in [3.8, 4) is 0 Å². The van der Waals surface area contributed by atoms with Gasteiger partial charge in [0.1, 0.15) is 0 Å². The number of carbonyl (C=O) groups is 2. The molecular formula is C16H19F3N2O2. The summed E-state index contributed by atoms with van der Waals surface area (Å²) in [6, 6.07) is 1.64. The molecule has 4 nitrogen and oxygen atoms in total. The third kappa shape index (κ3) is 4.97. The monoisotopic (exact) mass is 328 g/mol. The van der Waals surface area contributed by atoms with Crippen LogP contribution in [0.2, 0.25) is 0 Å². The van der Waals surface area contributed by atoms with Crippen LogP contribution in [0.1, 0.15) is 38.5 Å². The first-order chi connectivity index (χ1) is 11.0. The van der Waals surface area contributed by atoms with Gasteiger partial charge in [-0.2, -0.15) is 0 Å². The standard InChI is InChI=1S/C16H19F3N2O2/c17-11-6-7-12(16(19)15(11)18)21-14(23)9-20-13(22)8-10-4-2-1-3-5-10/h6-7,10H,1-5,8-9H2,(H,20,22)(H,21,23). The molecule has 0 aliphatic heterocycles. The first-order valence-corrected chi connectivity index (χ1v) is 7.67. The van der Waals surface area contributed by atoms with E-state index in [0.717, 1.165) is 37.8 Å². The molecule has 1 aliphatic carbocycles. The summed E-state index contributed by atoms with van der Waals surface area (Å²) in [5, 5.41) is 4.56. The Bertz CT molecular complexity index is 587. The second-order valence-electron chi connectivity index (χ2n) is 5.76. The quantitative estimate of drug-likeness (QED) is 0.816. The Morgan fingerprint density at radius 1 is 1.00 bits per heavy atom. The van der Waals surface area contributed by atoms with E-state index in [-0.39, 0.29) is 12.5 Å². The summed E-state index contributed by atoms with van der Waals surface area (Å²) in [5.41, 5.74) is -0.463. The molecule has 0 spiro atoms. The molecule has 2 rings (SSSR count). The van der Waals surface area contributed by atoms with E-state index < -0.39 is 29.0 Å². The third-order valence-corrected chi connectivity index (χ3v) is 3.95. The molecule has 23 heavy (non-hydrogen) atoms. The van der Waals surface area contributed by atoms with Gasteiger partial charge < -0.3 is 10.6 Å². The van der Waals surface area contributed by atoms with E-state index in [2.05, 4.69) is 10.6 Å². The lowest BCUT2D eigenvalue weighted by atomic mass is 9.87. The lowest BCUT2D eigenvalue weighted by molar-refractivity contribution is -0.125. The summed E-state index contributed by atoms with van der Waals surface area (Å²) < 4.78 is 39.2. The summed E-state index contributed by atoms with van der Waals surface area (Å²) >= 11 is 0. The number of rotatable bonds is 5. The lowest BCUT2D eigenvalue weighted by Crippen LogP contribution is -2.34. The molecule has 0 bridgehead atoms. The van der Waals surface area contributed by atoms with Crippen molar-refractivity contribution in [2.45, 2.75) is 38.5 Å².